The average molecular weight is 445 g/mol. The summed E-state index contributed by atoms with van der Waals surface area (Å²) in [5.74, 6) is -0.663. The maximum atomic E-state index is 13.7. The van der Waals surface area contributed by atoms with Crippen molar-refractivity contribution >= 4 is 23.2 Å². The van der Waals surface area contributed by atoms with E-state index in [2.05, 4.69) is 27.1 Å². The molecule has 2 aromatic heterocycles. The van der Waals surface area contributed by atoms with Crippen molar-refractivity contribution in [2.45, 2.75) is 31.4 Å². The first-order chi connectivity index (χ1) is 15.0. The van der Waals surface area contributed by atoms with Gasteiger partial charge in [-0.15, -0.1) is 0 Å². The van der Waals surface area contributed by atoms with E-state index >= 15 is 0 Å². The number of hydrogen-bond donors (Lipinski definition) is 1. The molecule has 1 amide bonds. The number of nitrogens with zero attached hydrogens (tertiary/aromatic N) is 5. The Labute approximate surface area is 183 Å². The number of hydrogen-bond acceptors (Lipinski definition) is 5. The van der Waals surface area contributed by atoms with Gasteiger partial charge in [-0.3, -0.25) is 4.79 Å². The maximum absolute atomic E-state index is 13.7. The Kier molecular flexibility index (Phi) is 6.43. The molecule has 1 fully saturated rings. The van der Waals surface area contributed by atoms with Gasteiger partial charge in [0.15, 0.2) is 0 Å². The van der Waals surface area contributed by atoms with Crippen molar-refractivity contribution in [3.05, 3.63) is 60.5 Å². The fourth-order valence-corrected chi connectivity index (χ4v) is 3.41. The molecule has 1 saturated carbocycles. The summed E-state index contributed by atoms with van der Waals surface area (Å²) < 4.78 is 21.0. The van der Waals surface area contributed by atoms with Crippen molar-refractivity contribution in [1.29, 1.82) is 0 Å². The lowest BCUT2D eigenvalue weighted by Gasteiger charge is -2.33. The predicted molar refractivity (Wildman–Crippen MR) is 114 cm³/mol. The smallest absolute Gasteiger partial charge is 0.246 e. The number of amides is 1. The average Bonchev–Trinajstić information content (AvgIpc) is 3.41. The molecular weight excluding hydrogens is 423 g/mol. The molecule has 1 aliphatic carbocycles. The number of ether oxygens (including phenoxy) is 1. The van der Waals surface area contributed by atoms with Crippen LogP contribution in [-0.4, -0.2) is 49.7 Å². The van der Waals surface area contributed by atoms with Crippen LogP contribution in [0.2, 0.25) is 5.02 Å². The van der Waals surface area contributed by atoms with E-state index in [0.717, 1.165) is 18.5 Å². The van der Waals surface area contributed by atoms with Gasteiger partial charge >= 0.3 is 0 Å². The second kappa shape index (κ2) is 9.40. The monoisotopic (exact) mass is 444 g/mol. The van der Waals surface area contributed by atoms with Crippen LogP contribution in [-0.2, 0) is 9.53 Å². The minimum absolute atomic E-state index is 0.0216. The van der Waals surface area contributed by atoms with Crippen molar-refractivity contribution in [3.63, 3.8) is 0 Å². The van der Waals surface area contributed by atoms with E-state index in [0.29, 0.717) is 24.2 Å². The molecule has 0 aliphatic heterocycles. The minimum atomic E-state index is -0.493. The summed E-state index contributed by atoms with van der Waals surface area (Å²) in [4.78, 5) is 18.0. The van der Waals surface area contributed by atoms with Gasteiger partial charge in [-0.1, -0.05) is 24.2 Å². The molecule has 10 heteroatoms. The molecule has 0 unspecified atom stereocenters. The molecule has 3 aromatic rings. The first-order valence-corrected chi connectivity index (χ1v) is 10.3. The number of carbonyl (C=O) groups is 1. The Hall–Kier alpha value is -3.04. The van der Waals surface area contributed by atoms with Gasteiger partial charge in [-0.2, -0.15) is 15.0 Å². The van der Waals surface area contributed by atoms with Gasteiger partial charge in [0, 0.05) is 30.4 Å². The van der Waals surface area contributed by atoms with Gasteiger partial charge < -0.3 is 14.6 Å². The number of aromatic nitrogens is 5. The Morgan fingerprint density at radius 3 is 2.84 bits per heavy atom. The Morgan fingerprint density at radius 2 is 2.10 bits per heavy atom. The van der Waals surface area contributed by atoms with E-state index in [9.17, 15) is 9.18 Å². The third kappa shape index (κ3) is 5.18. The number of rotatable bonds is 9. The van der Waals surface area contributed by atoms with Crippen molar-refractivity contribution in [1.82, 2.24) is 29.9 Å². The third-order valence-corrected chi connectivity index (χ3v) is 5.49. The fraction of sp³-hybridized carbons (Fsp3) is 0.333. The largest absolute Gasteiger partial charge is 0.368 e. The highest BCUT2D eigenvalue weighted by Gasteiger charge is 2.32. The highest BCUT2D eigenvalue weighted by molar-refractivity contribution is 6.30. The van der Waals surface area contributed by atoms with Crippen molar-refractivity contribution < 1.29 is 13.9 Å². The lowest BCUT2D eigenvalue weighted by Crippen LogP contribution is -2.37. The molecule has 1 aromatic carbocycles. The molecule has 0 spiro atoms. The van der Waals surface area contributed by atoms with Crippen LogP contribution in [0.25, 0.3) is 17.0 Å². The van der Waals surface area contributed by atoms with Gasteiger partial charge in [0.05, 0.1) is 41.6 Å². The number of nitrogens with one attached hydrogen (secondary N) is 1. The second-order valence-corrected chi connectivity index (χ2v) is 7.78. The zero-order valence-corrected chi connectivity index (χ0v) is 17.5. The molecule has 0 atom stereocenters. The maximum Gasteiger partial charge on any atom is 0.246 e. The summed E-state index contributed by atoms with van der Waals surface area (Å²) in [5, 5.41) is 11.1. The Morgan fingerprint density at radius 1 is 1.32 bits per heavy atom. The standard InChI is InChI=1S/C21H22ClFN6O2/c1-14(28-11-20(25-13-28)15-2-3-18(22)19(23)8-15)4-5-24-21(30)12-31-17-9-16(10-17)29-26-6-7-27-29/h2-3,6-8,11,13,16-17H,1,4-5,9-10,12H2,(H,24,30)/t16-,17+. The van der Waals surface area contributed by atoms with E-state index in [1.807, 2.05) is 0 Å². The topological polar surface area (TPSA) is 86.9 Å². The number of halogens is 2. The predicted octanol–water partition coefficient (Wildman–Crippen LogP) is 3.33. The van der Waals surface area contributed by atoms with E-state index in [-0.39, 0.29) is 29.7 Å². The molecule has 1 N–H and O–H groups in total. The molecule has 162 valence electrons. The highest BCUT2D eigenvalue weighted by Crippen LogP contribution is 2.33. The van der Waals surface area contributed by atoms with Gasteiger partial charge in [0.2, 0.25) is 5.91 Å². The summed E-state index contributed by atoms with van der Waals surface area (Å²) in [6.07, 6.45) is 8.87. The number of carbonyl (C=O) groups excluding carboxylic acids is 1. The minimum Gasteiger partial charge on any atom is -0.368 e. The first kappa shape index (κ1) is 21.2. The molecule has 0 radical (unpaired) electrons. The zero-order valence-electron chi connectivity index (χ0n) is 16.7. The summed E-state index contributed by atoms with van der Waals surface area (Å²) in [6, 6.07) is 4.79. The first-order valence-electron chi connectivity index (χ1n) is 9.91. The Balaban J connectivity index is 1.16. The van der Waals surface area contributed by atoms with Crippen LogP contribution in [0, 0.1) is 5.82 Å². The van der Waals surface area contributed by atoms with Crippen molar-refractivity contribution in [3.8, 4) is 11.3 Å². The lowest BCUT2D eigenvalue weighted by atomic mass is 9.90. The summed E-state index contributed by atoms with van der Waals surface area (Å²) in [5.41, 5.74) is 1.99. The zero-order chi connectivity index (χ0) is 21.8. The van der Waals surface area contributed by atoms with Crippen molar-refractivity contribution in [2.75, 3.05) is 13.2 Å². The number of benzene rings is 1. The Bertz CT molecular complexity index is 1060. The lowest BCUT2D eigenvalue weighted by molar-refractivity contribution is -0.131. The van der Waals surface area contributed by atoms with Crippen LogP contribution in [0.4, 0.5) is 4.39 Å². The molecule has 0 bridgehead atoms. The van der Waals surface area contributed by atoms with E-state index in [4.69, 9.17) is 16.3 Å². The van der Waals surface area contributed by atoms with Crippen LogP contribution in [0.1, 0.15) is 25.3 Å². The molecule has 31 heavy (non-hydrogen) atoms. The van der Waals surface area contributed by atoms with Crippen LogP contribution >= 0.6 is 11.6 Å². The van der Waals surface area contributed by atoms with Gasteiger partial charge in [0.25, 0.3) is 0 Å². The molecule has 1 aliphatic rings. The third-order valence-electron chi connectivity index (χ3n) is 5.18. The molecule has 0 saturated heterocycles. The van der Waals surface area contributed by atoms with Gasteiger partial charge in [-0.05, 0) is 25.0 Å². The molecular formula is C21H22ClFN6O2. The van der Waals surface area contributed by atoms with Crippen LogP contribution in [0.15, 0.2) is 49.7 Å². The van der Waals surface area contributed by atoms with E-state index in [1.54, 1.807) is 40.3 Å². The molecule has 2 heterocycles. The fourth-order valence-electron chi connectivity index (χ4n) is 3.30. The van der Waals surface area contributed by atoms with Crippen molar-refractivity contribution in [2.24, 2.45) is 0 Å². The van der Waals surface area contributed by atoms with Gasteiger partial charge in [-0.25, -0.2) is 9.37 Å². The van der Waals surface area contributed by atoms with Crippen LogP contribution < -0.4 is 5.32 Å². The quantitative estimate of drug-likeness (QED) is 0.547. The van der Waals surface area contributed by atoms with E-state index in [1.165, 1.54) is 12.1 Å². The normalized spacial score (nSPS) is 17.9. The van der Waals surface area contributed by atoms with Crippen LogP contribution in [0.3, 0.4) is 0 Å². The summed E-state index contributed by atoms with van der Waals surface area (Å²) >= 11 is 5.72. The van der Waals surface area contributed by atoms with Gasteiger partial charge in [0.1, 0.15) is 12.4 Å². The summed E-state index contributed by atoms with van der Waals surface area (Å²) in [6.45, 7) is 4.47. The summed E-state index contributed by atoms with van der Waals surface area (Å²) in [7, 11) is 0. The number of imidazole rings is 1. The molecule has 4 rings (SSSR count). The van der Waals surface area contributed by atoms with Crippen LogP contribution in [0.5, 0.6) is 0 Å². The van der Waals surface area contributed by atoms with E-state index < -0.39 is 5.82 Å². The second-order valence-electron chi connectivity index (χ2n) is 7.37. The highest BCUT2D eigenvalue weighted by atomic mass is 35.5. The SMILES string of the molecule is C=C(CCNC(=O)CO[C@H]1C[C@@H](n2nccn2)C1)n1cnc(-c2ccc(Cl)c(F)c2)c1. The molecule has 8 nitrogen and oxygen atoms in total.